The fourth-order valence-electron chi connectivity index (χ4n) is 1.87. The minimum absolute atomic E-state index is 0.429. The summed E-state index contributed by atoms with van der Waals surface area (Å²) in [7, 11) is 3.70. The molecule has 2 N–H and O–H groups in total. The van der Waals surface area contributed by atoms with Gasteiger partial charge >= 0.3 is 0 Å². The lowest BCUT2D eigenvalue weighted by molar-refractivity contribution is 0.415. The molecular formula is C14H18N2O2. The Morgan fingerprint density at radius 1 is 1.22 bits per heavy atom. The van der Waals surface area contributed by atoms with Crippen LogP contribution in [0.2, 0.25) is 0 Å². The molecule has 1 aromatic heterocycles. The van der Waals surface area contributed by atoms with Gasteiger partial charge in [-0.25, -0.2) is 0 Å². The average molecular weight is 246 g/mol. The normalized spacial score (nSPS) is 10.4. The van der Waals surface area contributed by atoms with E-state index >= 15 is 0 Å². The van der Waals surface area contributed by atoms with E-state index in [0.717, 1.165) is 29.3 Å². The van der Waals surface area contributed by atoms with Crippen molar-refractivity contribution in [1.29, 1.82) is 0 Å². The minimum atomic E-state index is 0.429. The lowest BCUT2D eigenvalue weighted by atomic mass is 10.2. The number of methoxy groups -OCH3 is 1. The Kier molecular flexibility index (Phi) is 3.89. The van der Waals surface area contributed by atoms with Crippen LogP contribution in [-0.4, -0.2) is 14.2 Å². The van der Waals surface area contributed by atoms with Gasteiger partial charge in [-0.15, -0.1) is 0 Å². The van der Waals surface area contributed by atoms with Crippen LogP contribution in [0, 0.1) is 0 Å². The SMILES string of the molecule is COc1ccc(N(C)Cc2ccoc2CN)cc1. The fraction of sp³-hybridized carbons (Fsp3) is 0.286. The van der Waals surface area contributed by atoms with Gasteiger partial charge in [0.1, 0.15) is 11.5 Å². The number of ether oxygens (including phenoxy) is 1. The second kappa shape index (κ2) is 5.60. The fourth-order valence-corrected chi connectivity index (χ4v) is 1.87. The summed E-state index contributed by atoms with van der Waals surface area (Å²) in [6.45, 7) is 1.20. The van der Waals surface area contributed by atoms with Crippen molar-refractivity contribution in [2.45, 2.75) is 13.1 Å². The van der Waals surface area contributed by atoms with Gasteiger partial charge in [0, 0.05) is 24.8 Å². The summed E-state index contributed by atoms with van der Waals surface area (Å²) in [5.74, 6) is 1.70. The van der Waals surface area contributed by atoms with E-state index in [1.54, 1.807) is 13.4 Å². The Bertz CT molecular complexity index is 491. The van der Waals surface area contributed by atoms with E-state index < -0.39 is 0 Å². The molecule has 1 aromatic carbocycles. The molecule has 0 spiro atoms. The highest BCUT2D eigenvalue weighted by Crippen LogP contribution is 2.21. The van der Waals surface area contributed by atoms with Gasteiger partial charge in [-0.05, 0) is 30.3 Å². The molecule has 2 rings (SSSR count). The first kappa shape index (κ1) is 12.5. The van der Waals surface area contributed by atoms with Crippen LogP contribution in [0.3, 0.4) is 0 Å². The van der Waals surface area contributed by atoms with E-state index in [1.807, 2.05) is 37.4 Å². The third-order valence-electron chi connectivity index (χ3n) is 2.94. The average Bonchev–Trinajstić information content (AvgIpc) is 2.86. The second-order valence-electron chi connectivity index (χ2n) is 4.13. The Labute approximate surface area is 107 Å². The highest BCUT2D eigenvalue weighted by atomic mass is 16.5. The molecule has 0 radical (unpaired) electrons. The summed E-state index contributed by atoms with van der Waals surface area (Å²) in [4.78, 5) is 2.14. The first-order valence-electron chi connectivity index (χ1n) is 5.85. The predicted molar refractivity (Wildman–Crippen MR) is 71.7 cm³/mol. The third kappa shape index (κ3) is 2.65. The summed E-state index contributed by atoms with van der Waals surface area (Å²) >= 11 is 0. The van der Waals surface area contributed by atoms with E-state index in [2.05, 4.69) is 4.90 Å². The summed E-state index contributed by atoms with van der Waals surface area (Å²) in [6, 6.07) is 9.92. The summed E-state index contributed by atoms with van der Waals surface area (Å²) in [5.41, 5.74) is 7.86. The topological polar surface area (TPSA) is 51.6 Å². The van der Waals surface area contributed by atoms with Gasteiger partial charge < -0.3 is 19.8 Å². The smallest absolute Gasteiger partial charge is 0.122 e. The van der Waals surface area contributed by atoms with Crippen LogP contribution in [0.4, 0.5) is 5.69 Å². The highest BCUT2D eigenvalue weighted by molar-refractivity contribution is 5.49. The van der Waals surface area contributed by atoms with Gasteiger partial charge in [0.15, 0.2) is 0 Å². The van der Waals surface area contributed by atoms with Gasteiger partial charge in [0.2, 0.25) is 0 Å². The van der Waals surface area contributed by atoms with E-state index in [0.29, 0.717) is 6.54 Å². The Morgan fingerprint density at radius 2 is 1.94 bits per heavy atom. The largest absolute Gasteiger partial charge is 0.497 e. The van der Waals surface area contributed by atoms with Gasteiger partial charge in [-0.2, -0.15) is 0 Å². The lowest BCUT2D eigenvalue weighted by Gasteiger charge is -2.19. The molecule has 0 saturated carbocycles. The quantitative estimate of drug-likeness (QED) is 0.880. The molecule has 2 aromatic rings. The summed E-state index contributed by atoms with van der Waals surface area (Å²) in [5, 5.41) is 0. The first-order valence-corrected chi connectivity index (χ1v) is 5.85. The Morgan fingerprint density at radius 3 is 2.56 bits per heavy atom. The van der Waals surface area contributed by atoms with Crippen LogP contribution < -0.4 is 15.4 Å². The molecule has 0 aliphatic carbocycles. The molecule has 0 bridgehead atoms. The maximum atomic E-state index is 5.62. The lowest BCUT2D eigenvalue weighted by Crippen LogP contribution is -2.17. The van der Waals surface area contributed by atoms with E-state index in [9.17, 15) is 0 Å². The molecule has 0 aliphatic rings. The molecule has 0 saturated heterocycles. The molecule has 18 heavy (non-hydrogen) atoms. The number of furan rings is 1. The van der Waals surface area contributed by atoms with E-state index in [-0.39, 0.29) is 0 Å². The molecule has 0 atom stereocenters. The van der Waals surface area contributed by atoms with Gasteiger partial charge in [-0.3, -0.25) is 0 Å². The summed E-state index contributed by atoms with van der Waals surface area (Å²) < 4.78 is 10.5. The molecule has 0 aliphatic heterocycles. The van der Waals surface area contributed by atoms with Crippen LogP contribution in [0.5, 0.6) is 5.75 Å². The number of rotatable bonds is 5. The van der Waals surface area contributed by atoms with Crippen LogP contribution >= 0.6 is 0 Å². The van der Waals surface area contributed by atoms with Crippen molar-refractivity contribution in [2.75, 3.05) is 19.1 Å². The zero-order valence-electron chi connectivity index (χ0n) is 10.7. The zero-order valence-corrected chi connectivity index (χ0v) is 10.7. The summed E-state index contributed by atoms with van der Waals surface area (Å²) in [6.07, 6.45) is 1.68. The molecule has 4 nitrogen and oxygen atoms in total. The van der Waals surface area contributed by atoms with Crippen molar-refractivity contribution < 1.29 is 9.15 Å². The van der Waals surface area contributed by atoms with E-state index in [1.165, 1.54) is 0 Å². The molecule has 0 amide bonds. The van der Waals surface area contributed by atoms with Crippen molar-refractivity contribution in [1.82, 2.24) is 0 Å². The molecule has 0 fully saturated rings. The van der Waals surface area contributed by atoms with Crippen molar-refractivity contribution in [2.24, 2.45) is 5.73 Å². The number of nitrogens with zero attached hydrogens (tertiary/aromatic N) is 1. The first-order chi connectivity index (χ1) is 8.74. The maximum absolute atomic E-state index is 5.62. The Balaban J connectivity index is 2.09. The third-order valence-corrected chi connectivity index (χ3v) is 2.94. The molecule has 4 heteroatoms. The number of nitrogens with two attached hydrogens (primary N) is 1. The predicted octanol–water partition coefficient (Wildman–Crippen LogP) is 2.38. The van der Waals surface area contributed by atoms with Crippen molar-refractivity contribution >= 4 is 5.69 Å². The van der Waals surface area contributed by atoms with Crippen molar-refractivity contribution in [3.05, 3.63) is 47.9 Å². The number of hydrogen-bond donors (Lipinski definition) is 1. The molecular weight excluding hydrogens is 228 g/mol. The molecule has 96 valence electrons. The highest BCUT2D eigenvalue weighted by Gasteiger charge is 2.08. The maximum Gasteiger partial charge on any atom is 0.122 e. The van der Waals surface area contributed by atoms with Crippen molar-refractivity contribution in [3.8, 4) is 5.75 Å². The monoisotopic (exact) mass is 246 g/mol. The number of anilines is 1. The molecule has 1 heterocycles. The van der Waals surface area contributed by atoms with Crippen LogP contribution in [-0.2, 0) is 13.1 Å². The van der Waals surface area contributed by atoms with E-state index in [4.69, 9.17) is 14.9 Å². The van der Waals surface area contributed by atoms with Gasteiger partial charge in [-0.1, -0.05) is 0 Å². The van der Waals surface area contributed by atoms with Crippen LogP contribution in [0.25, 0.3) is 0 Å². The molecule has 0 unspecified atom stereocenters. The number of benzene rings is 1. The van der Waals surface area contributed by atoms with Gasteiger partial charge in [0.25, 0.3) is 0 Å². The Hall–Kier alpha value is -1.94. The zero-order chi connectivity index (χ0) is 13.0. The minimum Gasteiger partial charge on any atom is -0.497 e. The standard InChI is InChI=1S/C14H18N2O2/c1-16(10-11-7-8-18-14(11)9-15)12-3-5-13(17-2)6-4-12/h3-8H,9-10,15H2,1-2H3. The van der Waals surface area contributed by atoms with Gasteiger partial charge in [0.05, 0.1) is 19.9 Å². The second-order valence-corrected chi connectivity index (χ2v) is 4.13. The van der Waals surface area contributed by atoms with Crippen LogP contribution in [0.15, 0.2) is 41.0 Å². The number of hydrogen-bond acceptors (Lipinski definition) is 4. The van der Waals surface area contributed by atoms with Crippen molar-refractivity contribution in [3.63, 3.8) is 0 Å². The van der Waals surface area contributed by atoms with Crippen LogP contribution in [0.1, 0.15) is 11.3 Å².